The van der Waals surface area contributed by atoms with Gasteiger partial charge in [0.25, 0.3) is 0 Å². The fourth-order valence-electron chi connectivity index (χ4n) is 0.899. The Hall–Kier alpha value is -0.770. The lowest BCUT2D eigenvalue weighted by atomic mass is 10.00. The Labute approximate surface area is 82.2 Å². The lowest BCUT2D eigenvalue weighted by molar-refractivity contribution is -0.143. The van der Waals surface area contributed by atoms with Gasteiger partial charge in [0.05, 0.1) is 5.92 Å². The molecule has 0 saturated heterocycles. The van der Waals surface area contributed by atoms with Gasteiger partial charge in [-0.2, -0.15) is 11.8 Å². The summed E-state index contributed by atoms with van der Waals surface area (Å²) in [5.74, 6) is -0.891. The Morgan fingerprint density at radius 1 is 1.62 bits per heavy atom. The van der Waals surface area contributed by atoms with Crippen LogP contribution < -0.4 is 0 Å². The SMILES string of the molecule is C=CC(=O)C[C@@H](CCSC)C(=O)O. The summed E-state index contributed by atoms with van der Waals surface area (Å²) in [6, 6.07) is 0. The van der Waals surface area contributed by atoms with Crippen LogP contribution in [0.4, 0.5) is 0 Å². The van der Waals surface area contributed by atoms with E-state index in [9.17, 15) is 9.59 Å². The molecule has 0 aliphatic heterocycles. The molecule has 74 valence electrons. The Bertz CT molecular complexity index is 201. The van der Waals surface area contributed by atoms with Gasteiger partial charge in [0.15, 0.2) is 5.78 Å². The van der Waals surface area contributed by atoms with Gasteiger partial charge in [-0.25, -0.2) is 0 Å². The maximum atomic E-state index is 10.9. The highest BCUT2D eigenvalue weighted by atomic mass is 32.2. The molecule has 0 bridgehead atoms. The number of carboxylic acids is 1. The average Bonchev–Trinajstić information content (AvgIpc) is 2.11. The molecule has 0 aromatic carbocycles. The van der Waals surface area contributed by atoms with Gasteiger partial charge in [0.1, 0.15) is 0 Å². The second-order valence-corrected chi connectivity index (χ2v) is 3.68. The standard InChI is InChI=1S/C9H14O3S/c1-3-8(10)6-7(9(11)12)4-5-13-2/h3,7H,1,4-6H2,2H3,(H,11,12)/t7-/m1/s1. The first kappa shape index (κ1) is 12.2. The van der Waals surface area contributed by atoms with Gasteiger partial charge in [-0.3, -0.25) is 9.59 Å². The normalized spacial score (nSPS) is 12.1. The zero-order valence-electron chi connectivity index (χ0n) is 7.66. The molecule has 0 aromatic rings. The Kier molecular flexibility index (Phi) is 6.32. The van der Waals surface area contributed by atoms with Crippen LogP contribution in [0.5, 0.6) is 0 Å². The molecule has 0 unspecified atom stereocenters. The fraction of sp³-hybridized carbons (Fsp3) is 0.556. The first-order valence-corrected chi connectivity index (χ1v) is 5.38. The lowest BCUT2D eigenvalue weighted by Crippen LogP contribution is -2.17. The van der Waals surface area contributed by atoms with Crippen molar-refractivity contribution in [2.45, 2.75) is 12.8 Å². The molecule has 0 heterocycles. The van der Waals surface area contributed by atoms with E-state index in [1.54, 1.807) is 11.8 Å². The predicted molar refractivity (Wildman–Crippen MR) is 53.9 cm³/mol. The first-order chi connectivity index (χ1) is 6.11. The first-order valence-electron chi connectivity index (χ1n) is 3.98. The Balaban J connectivity index is 4.01. The quantitative estimate of drug-likeness (QED) is 0.637. The minimum Gasteiger partial charge on any atom is -0.481 e. The molecule has 0 spiro atoms. The summed E-state index contributed by atoms with van der Waals surface area (Å²) < 4.78 is 0. The number of aliphatic carboxylic acids is 1. The monoisotopic (exact) mass is 202 g/mol. The van der Waals surface area contributed by atoms with Crippen molar-refractivity contribution in [2.75, 3.05) is 12.0 Å². The maximum absolute atomic E-state index is 10.9. The van der Waals surface area contributed by atoms with Crippen LogP contribution in [0.15, 0.2) is 12.7 Å². The van der Waals surface area contributed by atoms with Gasteiger partial charge in [-0.15, -0.1) is 0 Å². The molecule has 0 aromatic heterocycles. The highest BCUT2D eigenvalue weighted by Crippen LogP contribution is 2.12. The summed E-state index contributed by atoms with van der Waals surface area (Å²) in [4.78, 5) is 21.6. The number of rotatable bonds is 7. The van der Waals surface area contributed by atoms with Crippen molar-refractivity contribution >= 4 is 23.5 Å². The zero-order chi connectivity index (χ0) is 10.3. The van der Waals surface area contributed by atoms with Crippen LogP contribution in [0.25, 0.3) is 0 Å². The summed E-state index contributed by atoms with van der Waals surface area (Å²) in [7, 11) is 0. The van der Waals surface area contributed by atoms with Crippen molar-refractivity contribution in [1.29, 1.82) is 0 Å². The molecule has 0 amide bonds. The van der Waals surface area contributed by atoms with Crippen LogP contribution in [0, 0.1) is 5.92 Å². The Morgan fingerprint density at radius 2 is 2.23 bits per heavy atom. The maximum Gasteiger partial charge on any atom is 0.306 e. The van der Waals surface area contributed by atoms with Crippen molar-refractivity contribution in [3.63, 3.8) is 0 Å². The van der Waals surface area contributed by atoms with Gasteiger partial charge in [0.2, 0.25) is 0 Å². The summed E-state index contributed by atoms with van der Waals surface area (Å²) in [6.45, 7) is 3.31. The molecule has 3 nitrogen and oxygen atoms in total. The van der Waals surface area contributed by atoms with Crippen molar-refractivity contribution in [2.24, 2.45) is 5.92 Å². The van der Waals surface area contributed by atoms with E-state index >= 15 is 0 Å². The fourth-order valence-corrected chi connectivity index (χ4v) is 1.42. The van der Waals surface area contributed by atoms with Crippen LogP contribution >= 0.6 is 11.8 Å². The van der Waals surface area contributed by atoms with Crippen molar-refractivity contribution in [1.82, 2.24) is 0 Å². The molecule has 0 radical (unpaired) electrons. The molecule has 0 saturated carbocycles. The molecule has 0 rings (SSSR count). The predicted octanol–water partition coefficient (Wildman–Crippen LogP) is 1.59. The smallest absolute Gasteiger partial charge is 0.306 e. The van der Waals surface area contributed by atoms with E-state index in [1.165, 1.54) is 6.08 Å². The van der Waals surface area contributed by atoms with Gasteiger partial charge < -0.3 is 5.11 Å². The molecule has 13 heavy (non-hydrogen) atoms. The molecule has 0 fully saturated rings. The van der Waals surface area contributed by atoms with E-state index in [1.807, 2.05) is 6.26 Å². The number of hydrogen-bond donors (Lipinski definition) is 1. The number of carbonyl (C=O) groups is 2. The van der Waals surface area contributed by atoms with Gasteiger partial charge in [-0.1, -0.05) is 6.58 Å². The Morgan fingerprint density at radius 3 is 2.62 bits per heavy atom. The molecule has 1 N–H and O–H groups in total. The number of allylic oxidation sites excluding steroid dienone is 1. The van der Waals surface area contributed by atoms with Crippen molar-refractivity contribution < 1.29 is 14.7 Å². The number of carboxylic acid groups (broad SMARTS) is 1. The number of ketones is 1. The summed E-state index contributed by atoms with van der Waals surface area (Å²) in [6.07, 6.45) is 3.69. The summed E-state index contributed by atoms with van der Waals surface area (Å²) in [5, 5.41) is 8.75. The molecule has 1 atom stereocenters. The van der Waals surface area contributed by atoms with Crippen molar-refractivity contribution in [3.05, 3.63) is 12.7 Å². The molecular formula is C9H14O3S. The third-order valence-corrected chi connectivity index (χ3v) is 2.34. The zero-order valence-corrected chi connectivity index (χ0v) is 8.47. The topological polar surface area (TPSA) is 54.4 Å². The van der Waals surface area contributed by atoms with E-state index in [0.717, 1.165) is 5.75 Å². The molecular weight excluding hydrogens is 188 g/mol. The highest BCUT2D eigenvalue weighted by molar-refractivity contribution is 7.98. The summed E-state index contributed by atoms with van der Waals surface area (Å²) >= 11 is 1.58. The second-order valence-electron chi connectivity index (χ2n) is 2.69. The van der Waals surface area contributed by atoms with E-state index in [2.05, 4.69) is 6.58 Å². The lowest BCUT2D eigenvalue weighted by Gasteiger charge is -2.08. The van der Waals surface area contributed by atoms with Crippen LogP contribution in [-0.2, 0) is 9.59 Å². The largest absolute Gasteiger partial charge is 0.481 e. The van der Waals surface area contributed by atoms with Gasteiger partial charge in [0, 0.05) is 6.42 Å². The minimum absolute atomic E-state index is 0.0688. The van der Waals surface area contributed by atoms with E-state index < -0.39 is 11.9 Å². The highest BCUT2D eigenvalue weighted by Gasteiger charge is 2.18. The third kappa shape index (κ3) is 5.47. The van der Waals surface area contributed by atoms with Crippen LogP contribution in [-0.4, -0.2) is 28.9 Å². The average molecular weight is 202 g/mol. The van der Waals surface area contributed by atoms with Gasteiger partial charge in [-0.05, 0) is 24.5 Å². The third-order valence-electron chi connectivity index (χ3n) is 1.69. The van der Waals surface area contributed by atoms with Crippen LogP contribution in [0.2, 0.25) is 0 Å². The molecule has 0 aliphatic carbocycles. The molecule has 0 aliphatic rings. The number of carbonyl (C=O) groups excluding carboxylic acids is 1. The van der Waals surface area contributed by atoms with E-state index in [0.29, 0.717) is 6.42 Å². The molecule has 4 heteroatoms. The number of thioether (sulfide) groups is 1. The van der Waals surface area contributed by atoms with Crippen molar-refractivity contribution in [3.8, 4) is 0 Å². The summed E-state index contributed by atoms with van der Waals surface area (Å²) in [5.41, 5.74) is 0. The number of hydrogen-bond acceptors (Lipinski definition) is 3. The minimum atomic E-state index is -0.899. The van der Waals surface area contributed by atoms with E-state index in [-0.39, 0.29) is 12.2 Å². The second kappa shape index (κ2) is 6.71. The van der Waals surface area contributed by atoms with Crippen LogP contribution in [0.1, 0.15) is 12.8 Å². The van der Waals surface area contributed by atoms with Gasteiger partial charge >= 0.3 is 5.97 Å². The van der Waals surface area contributed by atoms with E-state index in [4.69, 9.17) is 5.11 Å². The van der Waals surface area contributed by atoms with Crippen LogP contribution in [0.3, 0.4) is 0 Å².